The second-order valence-electron chi connectivity index (χ2n) is 5.36. The number of nitrogens with two attached hydrogens (primary N) is 1. The van der Waals surface area contributed by atoms with Gasteiger partial charge in [0.1, 0.15) is 5.92 Å². The van der Waals surface area contributed by atoms with Crippen LogP contribution in [0, 0.1) is 11.3 Å². The molecule has 19 heavy (non-hydrogen) atoms. The highest BCUT2D eigenvalue weighted by Crippen LogP contribution is 2.42. The summed E-state index contributed by atoms with van der Waals surface area (Å²) in [4.78, 5) is 0. The molecule has 0 amide bonds. The molecule has 8 heteroatoms. The van der Waals surface area contributed by atoms with Crippen molar-refractivity contribution in [2.24, 2.45) is 22.2 Å². The lowest BCUT2D eigenvalue weighted by Crippen LogP contribution is -2.62. The lowest BCUT2D eigenvalue weighted by atomic mass is 9.64. The van der Waals surface area contributed by atoms with Crippen molar-refractivity contribution in [3.63, 3.8) is 0 Å². The van der Waals surface area contributed by atoms with Crippen LogP contribution in [0.4, 0.5) is 13.2 Å². The summed E-state index contributed by atoms with van der Waals surface area (Å²) in [6.07, 6.45) is -3.87. The fourth-order valence-electron chi connectivity index (χ4n) is 2.35. The number of halogens is 3. The minimum absolute atomic E-state index is 0.0261. The summed E-state index contributed by atoms with van der Waals surface area (Å²) in [6, 6.07) is -0.0891. The van der Waals surface area contributed by atoms with Gasteiger partial charge in [0.15, 0.2) is 5.84 Å². The highest BCUT2D eigenvalue weighted by Gasteiger charge is 2.50. The molecule has 5 nitrogen and oxygen atoms in total. The van der Waals surface area contributed by atoms with Crippen LogP contribution in [0.3, 0.4) is 0 Å². The van der Waals surface area contributed by atoms with Crippen molar-refractivity contribution in [3.8, 4) is 0 Å². The number of nitrogens with zero attached hydrogens (tertiary/aromatic N) is 1. The Bertz CT molecular complexity index is 345. The van der Waals surface area contributed by atoms with E-state index in [0.29, 0.717) is 6.42 Å². The third kappa shape index (κ3) is 3.30. The quantitative estimate of drug-likeness (QED) is 0.308. The molecule has 0 saturated heterocycles. The van der Waals surface area contributed by atoms with Crippen molar-refractivity contribution in [1.82, 2.24) is 5.32 Å². The number of hydrogen-bond acceptors (Lipinski definition) is 4. The van der Waals surface area contributed by atoms with E-state index in [4.69, 9.17) is 15.7 Å². The third-order valence-corrected chi connectivity index (χ3v) is 3.90. The van der Waals surface area contributed by atoms with E-state index in [1.165, 1.54) is 0 Å². The van der Waals surface area contributed by atoms with Gasteiger partial charge in [-0.25, -0.2) is 0 Å². The van der Waals surface area contributed by atoms with Crippen molar-refractivity contribution < 1.29 is 23.1 Å². The zero-order valence-corrected chi connectivity index (χ0v) is 11.2. The normalized spacial score (nSPS) is 28.8. The maximum absolute atomic E-state index is 12.7. The molecular formula is C11H20F3N3O2. The van der Waals surface area contributed by atoms with E-state index in [1.54, 1.807) is 7.11 Å². The van der Waals surface area contributed by atoms with Gasteiger partial charge in [-0.05, 0) is 6.42 Å². The molecule has 0 aromatic rings. The number of ether oxygens (including phenoxy) is 1. The second kappa shape index (κ2) is 5.54. The molecule has 0 spiro atoms. The Morgan fingerprint density at radius 3 is 2.53 bits per heavy atom. The van der Waals surface area contributed by atoms with Crippen molar-refractivity contribution >= 4 is 5.84 Å². The number of hydrogen-bond donors (Lipinski definition) is 3. The summed E-state index contributed by atoms with van der Waals surface area (Å²) < 4.78 is 43.4. The Morgan fingerprint density at radius 2 is 2.16 bits per heavy atom. The molecule has 1 aliphatic rings. The Labute approximate surface area is 110 Å². The fraction of sp³-hybridized carbons (Fsp3) is 0.909. The summed E-state index contributed by atoms with van der Waals surface area (Å²) in [5.41, 5.74) is 4.85. The predicted octanol–water partition coefficient (Wildman–Crippen LogP) is 1.31. The highest BCUT2D eigenvalue weighted by atomic mass is 19.4. The van der Waals surface area contributed by atoms with Crippen molar-refractivity contribution in [3.05, 3.63) is 0 Å². The van der Waals surface area contributed by atoms with Crippen molar-refractivity contribution in [2.75, 3.05) is 13.7 Å². The number of rotatable bonds is 5. The van der Waals surface area contributed by atoms with E-state index < -0.39 is 24.5 Å². The minimum atomic E-state index is -4.54. The molecule has 0 aromatic heterocycles. The zero-order valence-electron chi connectivity index (χ0n) is 11.2. The van der Waals surface area contributed by atoms with Gasteiger partial charge in [0.25, 0.3) is 0 Å². The largest absolute Gasteiger partial charge is 0.409 e. The Hall–Kier alpha value is -1.02. The Kier molecular flexibility index (Phi) is 4.67. The van der Waals surface area contributed by atoms with Gasteiger partial charge in [0.05, 0.1) is 6.10 Å². The maximum atomic E-state index is 12.7. The van der Waals surface area contributed by atoms with Crippen LogP contribution in [0.2, 0.25) is 0 Å². The Morgan fingerprint density at radius 1 is 1.58 bits per heavy atom. The van der Waals surface area contributed by atoms with Gasteiger partial charge in [-0.3, -0.25) is 0 Å². The van der Waals surface area contributed by atoms with Crippen LogP contribution in [0.1, 0.15) is 20.3 Å². The van der Waals surface area contributed by atoms with Crippen molar-refractivity contribution in [1.29, 1.82) is 0 Å². The van der Waals surface area contributed by atoms with Crippen molar-refractivity contribution in [2.45, 2.75) is 38.6 Å². The molecule has 0 aromatic carbocycles. The molecule has 0 bridgehead atoms. The van der Waals surface area contributed by atoms with Crippen LogP contribution in [-0.2, 0) is 4.74 Å². The minimum Gasteiger partial charge on any atom is -0.409 e. The molecule has 1 rings (SSSR count). The summed E-state index contributed by atoms with van der Waals surface area (Å²) in [6.45, 7) is 3.44. The van der Waals surface area contributed by atoms with Gasteiger partial charge in [0, 0.05) is 25.1 Å². The van der Waals surface area contributed by atoms with Crippen LogP contribution >= 0.6 is 0 Å². The molecule has 112 valence electrons. The first-order valence-electron chi connectivity index (χ1n) is 5.94. The standard InChI is InChI=1S/C11H20F3N3O2/c1-10(2)7(4-8(10)19-3)16-5-6(9(15)17-18)11(12,13)14/h6-8,16,18H,4-5H2,1-3H3,(H2,15,17). The van der Waals surface area contributed by atoms with Gasteiger partial charge in [-0.1, -0.05) is 19.0 Å². The number of amidine groups is 1. The third-order valence-electron chi connectivity index (χ3n) is 3.90. The smallest absolute Gasteiger partial charge is 0.400 e. The summed E-state index contributed by atoms with van der Waals surface area (Å²) in [7, 11) is 1.58. The van der Waals surface area contributed by atoms with E-state index in [2.05, 4.69) is 10.5 Å². The molecule has 0 heterocycles. The summed E-state index contributed by atoms with van der Waals surface area (Å²) in [5, 5.41) is 13.7. The first-order valence-corrected chi connectivity index (χ1v) is 5.94. The van der Waals surface area contributed by atoms with E-state index in [1.807, 2.05) is 13.8 Å². The van der Waals surface area contributed by atoms with Crippen LogP contribution in [-0.4, -0.2) is 43.0 Å². The molecule has 3 atom stereocenters. The average Bonchev–Trinajstić information content (AvgIpc) is 2.30. The summed E-state index contributed by atoms with van der Waals surface area (Å²) >= 11 is 0. The average molecular weight is 283 g/mol. The maximum Gasteiger partial charge on any atom is 0.400 e. The van der Waals surface area contributed by atoms with Crippen LogP contribution < -0.4 is 11.1 Å². The van der Waals surface area contributed by atoms with E-state index in [0.717, 1.165) is 0 Å². The van der Waals surface area contributed by atoms with Gasteiger partial charge >= 0.3 is 6.18 Å². The lowest BCUT2D eigenvalue weighted by molar-refractivity contribution is -0.158. The number of methoxy groups -OCH3 is 1. The van der Waals surface area contributed by atoms with E-state index in [-0.39, 0.29) is 17.6 Å². The molecule has 1 aliphatic carbocycles. The molecule has 0 aliphatic heterocycles. The van der Waals surface area contributed by atoms with Crippen LogP contribution in [0.25, 0.3) is 0 Å². The lowest BCUT2D eigenvalue weighted by Gasteiger charge is -2.51. The Balaban J connectivity index is 2.60. The van der Waals surface area contributed by atoms with E-state index in [9.17, 15) is 13.2 Å². The molecule has 3 unspecified atom stereocenters. The molecule has 1 fully saturated rings. The highest BCUT2D eigenvalue weighted by molar-refractivity contribution is 5.83. The first-order chi connectivity index (χ1) is 8.64. The topological polar surface area (TPSA) is 79.9 Å². The van der Waals surface area contributed by atoms with E-state index >= 15 is 0 Å². The second-order valence-corrected chi connectivity index (χ2v) is 5.36. The molecule has 1 saturated carbocycles. The van der Waals surface area contributed by atoms with Gasteiger partial charge in [-0.2, -0.15) is 13.2 Å². The summed E-state index contributed by atoms with van der Waals surface area (Å²) in [5.74, 6) is -2.82. The predicted molar refractivity (Wildman–Crippen MR) is 63.9 cm³/mol. The van der Waals surface area contributed by atoms with Crippen LogP contribution in [0.5, 0.6) is 0 Å². The fourth-order valence-corrected chi connectivity index (χ4v) is 2.35. The van der Waals surface area contributed by atoms with Gasteiger partial charge in [-0.15, -0.1) is 0 Å². The monoisotopic (exact) mass is 283 g/mol. The van der Waals surface area contributed by atoms with Gasteiger partial charge < -0.3 is 21.0 Å². The molecule has 0 radical (unpaired) electrons. The molecule has 4 N–H and O–H groups in total. The molecular weight excluding hydrogens is 263 g/mol. The zero-order chi connectivity index (χ0) is 14.8. The SMILES string of the molecule is COC1CC(NCC(C(N)=NO)C(F)(F)F)C1(C)C. The number of nitrogens with one attached hydrogen (secondary N) is 1. The number of oxime groups is 1. The first kappa shape index (κ1) is 16.0. The van der Waals surface area contributed by atoms with Crippen LogP contribution in [0.15, 0.2) is 5.16 Å². The van der Waals surface area contributed by atoms with Gasteiger partial charge in [0.2, 0.25) is 0 Å². The number of alkyl halides is 3.